The third kappa shape index (κ3) is 4.52. The number of carbonyl (C=O) groups excluding carboxylic acids is 1. The number of fused-ring (bicyclic) bond motifs is 1. The normalized spacial score (nSPS) is 12.1. The number of carbonyl (C=O) groups is 1. The third-order valence-corrected chi connectivity index (χ3v) is 6.06. The van der Waals surface area contributed by atoms with Crippen LogP contribution in [0.1, 0.15) is 32.9 Å². The van der Waals surface area contributed by atoms with Crippen molar-refractivity contribution in [1.29, 1.82) is 0 Å². The predicted molar refractivity (Wildman–Crippen MR) is 116 cm³/mol. The van der Waals surface area contributed by atoms with E-state index in [4.69, 9.17) is 25.8 Å². The largest absolute Gasteiger partial charge is 0.486 e. The van der Waals surface area contributed by atoms with Gasteiger partial charge in [-0.1, -0.05) is 17.7 Å². The summed E-state index contributed by atoms with van der Waals surface area (Å²) in [6.07, 6.45) is 0. The molecule has 8 heteroatoms. The van der Waals surface area contributed by atoms with E-state index in [1.54, 1.807) is 29.2 Å². The molecule has 0 bridgehead atoms. The van der Waals surface area contributed by atoms with Crippen molar-refractivity contribution >= 4 is 28.8 Å². The van der Waals surface area contributed by atoms with Gasteiger partial charge in [-0.25, -0.2) is 4.98 Å². The van der Waals surface area contributed by atoms with Crippen LogP contribution in [0.4, 0.5) is 0 Å². The number of benzene rings is 2. The van der Waals surface area contributed by atoms with Crippen molar-refractivity contribution in [3.05, 3.63) is 68.6 Å². The molecule has 0 aliphatic carbocycles. The van der Waals surface area contributed by atoms with Gasteiger partial charge in [-0.15, -0.1) is 11.3 Å². The molecule has 1 aromatic heterocycles. The van der Waals surface area contributed by atoms with Crippen LogP contribution in [0, 0.1) is 6.92 Å². The molecule has 30 heavy (non-hydrogen) atoms. The average molecular weight is 445 g/mol. The van der Waals surface area contributed by atoms with Gasteiger partial charge in [-0.2, -0.15) is 0 Å². The predicted octanol–water partition coefficient (Wildman–Crippen LogP) is 5.07. The van der Waals surface area contributed by atoms with E-state index in [1.807, 2.05) is 32.0 Å². The minimum Gasteiger partial charge on any atom is -0.486 e. The Balaban J connectivity index is 1.44. The van der Waals surface area contributed by atoms with Crippen LogP contribution < -0.4 is 14.2 Å². The molecule has 1 amide bonds. The molecule has 4 rings (SSSR count). The fourth-order valence-electron chi connectivity index (χ4n) is 3.12. The van der Waals surface area contributed by atoms with Gasteiger partial charge in [-0.05, 0) is 55.8 Å². The van der Waals surface area contributed by atoms with Gasteiger partial charge in [0.2, 0.25) is 6.79 Å². The summed E-state index contributed by atoms with van der Waals surface area (Å²) in [6.45, 7) is 5.42. The van der Waals surface area contributed by atoms with Crippen molar-refractivity contribution in [3.63, 3.8) is 0 Å². The number of hydrogen-bond acceptors (Lipinski definition) is 6. The zero-order valence-corrected chi connectivity index (χ0v) is 18.3. The molecule has 0 unspecified atom stereocenters. The Morgan fingerprint density at radius 2 is 1.97 bits per heavy atom. The number of rotatable bonds is 7. The maximum absolute atomic E-state index is 13.1. The van der Waals surface area contributed by atoms with Crippen LogP contribution in [0.15, 0.2) is 42.5 Å². The highest BCUT2D eigenvalue weighted by molar-refractivity contribution is 7.13. The van der Waals surface area contributed by atoms with Crippen molar-refractivity contribution in [2.45, 2.75) is 27.0 Å². The van der Waals surface area contributed by atoms with Gasteiger partial charge in [0.1, 0.15) is 22.2 Å². The molecule has 1 aliphatic heterocycles. The number of halogens is 1. The first-order valence-corrected chi connectivity index (χ1v) is 10.8. The molecule has 0 N–H and O–H groups in total. The first-order chi connectivity index (χ1) is 14.5. The summed E-state index contributed by atoms with van der Waals surface area (Å²) >= 11 is 7.26. The lowest BCUT2D eigenvalue weighted by Crippen LogP contribution is -2.30. The van der Waals surface area contributed by atoms with Crippen LogP contribution in [-0.4, -0.2) is 29.1 Å². The monoisotopic (exact) mass is 444 g/mol. The Labute approximate surface area is 184 Å². The number of nitrogens with zero attached hydrogens (tertiary/aromatic N) is 2. The second-order valence-electron chi connectivity index (χ2n) is 6.77. The van der Waals surface area contributed by atoms with Gasteiger partial charge in [0.05, 0.1) is 5.69 Å². The molecule has 2 aromatic carbocycles. The molecule has 0 saturated carbocycles. The second kappa shape index (κ2) is 8.93. The van der Waals surface area contributed by atoms with Gasteiger partial charge in [-0.3, -0.25) is 4.79 Å². The topological polar surface area (TPSA) is 60.9 Å². The number of hydrogen-bond donors (Lipinski definition) is 0. The molecule has 6 nitrogen and oxygen atoms in total. The molecular formula is C22H21ClN2O4S. The number of aryl methyl sites for hydroxylation is 1. The van der Waals surface area contributed by atoms with E-state index in [0.717, 1.165) is 16.3 Å². The van der Waals surface area contributed by atoms with E-state index in [-0.39, 0.29) is 12.7 Å². The van der Waals surface area contributed by atoms with E-state index in [0.29, 0.717) is 46.8 Å². The summed E-state index contributed by atoms with van der Waals surface area (Å²) in [4.78, 5) is 20.1. The van der Waals surface area contributed by atoms with E-state index >= 15 is 0 Å². The van der Waals surface area contributed by atoms with Gasteiger partial charge in [0, 0.05) is 18.1 Å². The zero-order valence-electron chi connectivity index (χ0n) is 16.7. The first kappa shape index (κ1) is 20.5. The molecular weight excluding hydrogens is 424 g/mol. The molecule has 156 valence electrons. The number of aromatic nitrogens is 1. The van der Waals surface area contributed by atoms with Crippen molar-refractivity contribution in [2.75, 3.05) is 13.3 Å². The highest BCUT2D eigenvalue weighted by Crippen LogP contribution is 2.33. The van der Waals surface area contributed by atoms with Crippen molar-refractivity contribution in [2.24, 2.45) is 0 Å². The molecule has 0 atom stereocenters. The Kier molecular flexibility index (Phi) is 6.11. The fraction of sp³-hybridized carbons (Fsp3) is 0.273. The van der Waals surface area contributed by atoms with Crippen molar-refractivity contribution in [3.8, 4) is 17.2 Å². The molecule has 0 fully saturated rings. The summed E-state index contributed by atoms with van der Waals surface area (Å²) in [5.74, 6) is 2.12. The molecule has 0 spiro atoms. The SMILES string of the molecule is CCN(Cc1ccc2c(c1)OCO2)C(=O)c1sc(COc2ccc(Cl)cc2)nc1C. The Hall–Kier alpha value is -2.77. The van der Waals surface area contributed by atoms with E-state index in [1.165, 1.54) is 11.3 Å². The van der Waals surface area contributed by atoms with Crippen LogP contribution in [0.3, 0.4) is 0 Å². The number of amides is 1. The first-order valence-electron chi connectivity index (χ1n) is 9.56. The van der Waals surface area contributed by atoms with Crippen LogP contribution >= 0.6 is 22.9 Å². The quantitative estimate of drug-likeness (QED) is 0.508. The lowest BCUT2D eigenvalue weighted by atomic mass is 10.2. The van der Waals surface area contributed by atoms with Gasteiger partial charge < -0.3 is 19.1 Å². The zero-order chi connectivity index (χ0) is 21.1. The summed E-state index contributed by atoms with van der Waals surface area (Å²) in [5.41, 5.74) is 1.70. The van der Waals surface area contributed by atoms with Gasteiger partial charge in [0.25, 0.3) is 5.91 Å². The number of ether oxygens (including phenoxy) is 3. The Morgan fingerprint density at radius 1 is 1.20 bits per heavy atom. The van der Waals surface area contributed by atoms with Crippen LogP contribution in [-0.2, 0) is 13.2 Å². The smallest absolute Gasteiger partial charge is 0.266 e. The molecule has 1 aliphatic rings. The maximum Gasteiger partial charge on any atom is 0.266 e. The van der Waals surface area contributed by atoms with E-state index < -0.39 is 0 Å². The second-order valence-corrected chi connectivity index (χ2v) is 8.29. The van der Waals surface area contributed by atoms with Crippen LogP contribution in [0.25, 0.3) is 0 Å². The lowest BCUT2D eigenvalue weighted by molar-refractivity contribution is 0.0756. The van der Waals surface area contributed by atoms with Crippen molar-refractivity contribution < 1.29 is 19.0 Å². The summed E-state index contributed by atoms with van der Waals surface area (Å²) < 4.78 is 16.5. The molecule has 3 aromatic rings. The maximum atomic E-state index is 13.1. The fourth-order valence-corrected chi connectivity index (χ4v) is 4.19. The van der Waals surface area contributed by atoms with E-state index in [9.17, 15) is 4.79 Å². The van der Waals surface area contributed by atoms with Crippen LogP contribution in [0.2, 0.25) is 5.02 Å². The van der Waals surface area contributed by atoms with Crippen molar-refractivity contribution in [1.82, 2.24) is 9.88 Å². The highest BCUT2D eigenvalue weighted by Gasteiger charge is 2.22. The lowest BCUT2D eigenvalue weighted by Gasteiger charge is -2.20. The molecule has 0 radical (unpaired) electrons. The number of thiazole rings is 1. The summed E-state index contributed by atoms with van der Waals surface area (Å²) in [5, 5.41) is 1.41. The Morgan fingerprint density at radius 3 is 2.73 bits per heavy atom. The van der Waals surface area contributed by atoms with Gasteiger partial charge >= 0.3 is 0 Å². The van der Waals surface area contributed by atoms with E-state index in [2.05, 4.69) is 4.98 Å². The Bertz CT molecular complexity index is 1050. The van der Waals surface area contributed by atoms with Gasteiger partial charge in [0.15, 0.2) is 11.5 Å². The average Bonchev–Trinajstić information content (AvgIpc) is 3.37. The highest BCUT2D eigenvalue weighted by atomic mass is 35.5. The standard InChI is InChI=1S/C22H21ClN2O4S/c1-3-25(11-15-4-9-18-19(10-15)29-13-28-18)22(26)21-14(2)24-20(30-21)12-27-17-7-5-16(23)6-8-17/h4-10H,3,11-13H2,1-2H3. The van der Waals surface area contributed by atoms with Crippen LogP contribution in [0.5, 0.6) is 17.2 Å². The minimum absolute atomic E-state index is 0.0390. The molecule has 2 heterocycles. The summed E-state index contributed by atoms with van der Waals surface area (Å²) in [7, 11) is 0. The minimum atomic E-state index is -0.0390. The summed E-state index contributed by atoms with van der Waals surface area (Å²) in [6, 6.07) is 12.9. The third-order valence-electron chi connectivity index (χ3n) is 4.69. The molecule has 0 saturated heterocycles.